The van der Waals surface area contributed by atoms with Crippen molar-refractivity contribution in [1.82, 2.24) is 9.78 Å². The zero-order chi connectivity index (χ0) is 12.4. The van der Waals surface area contributed by atoms with Gasteiger partial charge in [-0.2, -0.15) is 5.10 Å². The highest BCUT2D eigenvalue weighted by molar-refractivity contribution is 5.57. The maximum atomic E-state index is 5.84. The molecule has 0 aliphatic carbocycles. The summed E-state index contributed by atoms with van der Waals surface area (Å²) in [5, 5.41) is 4.43. The molecule has 0 bridgehead atoms. The predicted molar refractivity (Wildman–Crippen MR) is 68.6 cm³/mol. The van der Waals surface area contributed by atoms with Crippen LogP contribution in [-0.2, 0) is 0 Å². The molecule has 4 heteroatoms. The Kier molecular flexibility index (Phi) is 3.04. The van der Waals surface area contributed by atoms with Crippen molar-refractivity contribution < 1.29 is 4.74 Å². The molecule has 4 nitrogen and oxygen atoms in total. The van der Waals surface area contributed by atoms with Gasteiger partial charge in [0, 0.05) is 11.8 Å². The van der Waals surface area contributed by atoms with Crippen molar-refractivity contribution in [3.8, 4) is 11.4 Å². The molecule has 2 aromatic rings. The summed E-state index contributed by atoms with van der Waals surface area (Å²) in [6.07, 6.45) is 0. The van der Waals surface area contributed by atoms with Gasteiger partial charge in [0.15, 0.2) is 0 Å². The van der Waals surface area contributed by atoms with Gasteiger partial charge in [-0.1, -0.05) is 0 Å². The number of aryl methyl sites for hydroxylation is 2. The minimum absolute atomic E-state index is 0.602. The number of nitrogen functional groups attached to an aromatic ring is 1. The molecule has 0 aliphatic heterocycles. The number of hydrogen-bond acceptors (Lipinski definition) is 3. The van der Waals surface area contributed by atoms with Gasteiger partial charge in [-0.3, -0.25) is 0 Å². The lowest BCUT2D eigenvalue weighted by atomic mass is 10.2. The Morgan fingerprint density at radius 3 is 2.65 bits per heavy atom. The van der Waals surface area contributed by atoms with Crippen LogP contribution in [0.2, 0.25) is 0 Å². The van der Waals surface area contributed by atoms with Gasteiger partial charge in [-0.15, -0.1) is 0 Å². The summed E-state index contributed by atoms with van der Waals surface area (Å²) in [7, 11) is 0. The van der Waals surface area contributed by atoms with Crippen LogP contribution in [0.5, 0.6) is 5.75 Å². The van der Waals surface area contributed by atoms with Gasteiger partial charge >= 0.3 is 0 Å². The van der Waals surface area contributed by atoms with Crippen molar-refractivity contribution in [3.05, 3.63) is 35.7 Å². The molecule has 0 amide bonds. The van der Waals surface area contributed by atoms with Crippen molar-refractivity contribution in [1.29, 1.82) is 0 Å². The maximum absolute atomic E-state index is 5.84. The number of rotatable bonds is 3. The highest BCUT2D eigenvalue weighted by Gasteiger charge is 2.07. The van der Waals surface area contributed by atoms with Crippen LogP contribution in [0.1, 0.15) is 18.3 Å². The van der Waals surface area contributed by atoms with Crippen molar-refractivity contribution in [2.45, 2.75) is 20.8 Å². The molecule has 0 radical (unpaired) electrons. The van der Waals surface area contributed by atoms with E-state index in [0.29, 0.717) is 18.0 Å². The summed E-state index contributed by atoms with van der Waals surface area (Å²) in [5.74, 6) is 0.706. The molecule has 0 atom stereocenters. The molecule has 2 N–H and O–H groups in total. The second kappa shape index (κ2) is 4.49. The fraction of sp³-hybridized carbons (Fsp3) is 0.308. The van der Waals surface area contributed by atoms with E-state index in [9.17, 15) is 0 Å². The van der Waals surface area contributed by atoms with Crippen molar-refractivity contribution in [2.75, 3.05) is 12.3 Å². The third kappa shape index (κ3) is 2.25. The molecule has 0 saturated carbocycles. The van der Waals surface area contributed by atoms with Crippen molar-refractivity contribution in [3.63, 3.8) is 0 Å². The molecule has 90 valence electrons. The molecular weight excluding hydrogens is 214 g/mol. The van der Waals surface area contributed by atoms with E-state index >= 15 is 0 Å². The summed E-state index contributed by atoms with van der Waals surface area (Å²) < 4.78 is 7.37. The average molecular weight is 231 g/mol. The fourth-order valence-electron chi connectivity index (χ4n) is 1.83. The van der Waals surface area contributed by atoms with Crippen LogP contribution in [0.25, 0.3) is 5.69 Å². The normalized spacial score (nSPS) is 10.5. The van der Waals surface area contributed by atoms with Crippen LogP contribution in [-0.4, -0.2) is 16.4 Å². The summed E-state index contributed by atoms with van der Waals surface area (Å²) in [4.78, 5) is 0. The van der Waals surface area contributed by atoms with Gasteiger partial charge in [-0.25, -0.2) is 4.68 Å². The standard InChI is InChI=1S/C13H17N3O/c1-4-17-13-8-11(5-6-12(13)14)16-10(3)7-9(2)15-16/h5-8H,4,14H2,1-3H3. The van der Waals surface area contributed by atoms with E-state index in [-0.39, 0.29) is 0 Å². The third-order valence-corrected chi connectivity index (χ3v) is 2.55. The smallest absolute Gasteiger partial charge is 0.144 e. The first-order valence-electron chi connectivity index (χ1n) is 5.67. The first-order valence-corrected chi connectivity index (χ1v) is 5.67. The van der Waals surface area contributed by atoms with Crippen LogP contribution < -0.4 is 10.5 Å². The summed E-state index contributed by atoms with van der Waals surface area (Å²) in [6.45, 7) is 6.54. The Bertz CT molecular complexity index is 531. The second-order valence-electron chi connectivity index (χ2n) is 3.99. The van der Waals surface area contributed by atoms with Gasteiger partial charge in [0.05, 0.1) is 23.7 Å². The lowest BCUT2D eigenvalue weighted by Crippen LogP contribution is -2.02. The van der Waals surface area contributed by atoms with Crippen LogP contribution in [0, 0.1) is 13.8 Å². The van der Waals surface area contributed by atoms with Crippen LogP contribution in [0.3, 0.4) is 0 Å². The number of benzene rings is 1. The minimum atomic E-state index is 0.602. The monoisotopic (exact) mass is 231 g/mol. The van der Waals surface area contributed by atoms with E-state index < -0.39 is 0 Å². The topological polar surface area (TPSA) is 53.1 Å². The second-order valence-corrected chi connectivity index (χ2v) is 3.99. The zero-order valence-corrected chi connectivity index (χ0v) is 10.4. The summed E-state index contributed by atoms with van der Waals surface area (Å²) in [5.41, 5.74) is 9.55. The van der Waals surface area contributed by atoms with Crippen LogP contribution in [0.15, 0.2) is 24.3 Å². The Labute approximate surface area is 101 Å². The molecule has 2 rings (SSSR count). The average Bonchev–Trinajstić information content (AvgIpc) is 2.61. The number of aromatic nitrogens is 2. The Morgan fingerprint density at radius 1 is 1.29 bits per heavy atom. The van der Waals surface area contributed by atoms with Gasteiger partial charge < -0.3 is 10.5 Å². The molecule has 1 aromatic carbocycles. The van der Waals surface area contributed by atoms with Crippen molar-refractivity contribution in [2.24, 2.45) is 0 Å². The van der Waals surface area contributed by atoms with Gasteiger partial charge in [0.25, 0.3) is 0 Å². The van der Waals surface area contributed by atoms with E-state index in [2.05, 4.69) is 5.10 Å². The molecule has 0 fully saturated rings. The van der Waals surface area contributed by atoms with Crippen LogP contribution >= 0.6 is 0 Å². The van der Waals surface area contributed by atoms with E-state index in [1.54, 1.807) is 0 Å². The van der Waals surface area contributed by atoms with E-state index in [1.165, 1.54) is 0 Å². The maximum Gasteiger partial charge on any atom is 0.144 e. The summed E-state index contributed by atoms with van der Waals surface area (Å²) in [6, 6.07) is 7.74. The third-order valence-electron chi connectivity index (χ3n) is 2.55. The molecule has 17 heavy (non-hydrogen) atoms. The summed E-state index contributed by atoms with van der Waals surface area (Å²) >= 11 is 0. The highest BCUT2D eigenvalue weighted by atomic mass is 16.5. The number of hydrogen-bond donors (Lipinski definition) is 1. The Hall–Kier alpha value is -1.97. The van der Waals surface area contributed by atoms with E-state index in [0.717, 1.165) is 17.1 Å². The highest BCUT2D eigenvalue weighted by Crippen LogP contribution is 2.25. The SMILES string of the molecule is CCOc1cc(-n2nc(C)cc2C)ccc1N. The molecule has 1 heterocycles. The number of ether oxygens (including phenoxy) is 1. The molecule has 0 saturated heterocycles. The van der Waals surface area contributed by atoms with E-state index in [1.807, 2.05) is 49.7 Å². The first-order chi connectivity index (χ1) is 8.11. The molecule has 1 aromatic heterocycles. The largest absolute Gasteiger partial charge is 0.492 e. The molecule has 0 aliphatic rings. The Morgan fingerprint density at radius 2 is 2.06 bits per heavy atom. The molecular formula is C13H17N3O. The minimum Gasteiger partial charge on any atom is -0.492 e. The van der Waals surface area contributed by atoms with Gasteiger partial charge in [-0.05, 0) is 39.0 Å². The zero-order valence-electron chi connectivity index (χ0n) is 10.4. The van der Waals surface area contributed by atoms with Gasteiger partial charge in [0.1, 0.15) is 5.75 Å². The molecule has 0 unspecified atom stereocenters. The number of nitrogens with zero attached hydrogens (tertiary/aromatic N) is 2. The fourth-order valence-corrected chi connectivity index (χ4v) is 1.83. The first kappa shape index (κ1) is 11.5. The predicted octanol–water partition coefficient (Wildman–Crippen LogP) is 2.47. The molecule has 0 spiro atoms. The Balaban J connectivity index is 2.46. The van der Waals surface area contributed by atoms with Crippen molar-refractivity contribution >= 4 is 5.69 Å². The number of anilines is 1. The quantitative estimate of drug-likeness (QED) is 0.825. The lowest BCUT2D eigenvalue weighted by molar-refractivity contribution is 0.342. The number of nitrogens with two attached hydrogens (primary N) is 1. The van der Waals surface area contributed by atoms with E-state index in [4.69, 9.17) is 10.5 Å². The lowest BCUT2D eigenvalue weighted by Gasteiger charge is -2.10. The van der Waals surface area contributed by atoms with Crippen LogP contribution in [0.4, 0.5) is 5.69 Å². The van der Waals surface area contributed by atoms with Gasteiger partial charge in [0.2, 0.25) is 0 Å².